The molecule has 0 N–H and O–H groups in total. The van der Waals surface area contributed by atoms with Crippen LogP contribution in [-0.2, 0) is 0 Å². The number of benzene rings is 1. The topological polar surface area (TPSA) is 0 Å². The number of rotatable bonds is 6. The van der Waals surface area contributed by atoms with Gasteiger partial charge in [0.2, 0.25) is 0 Å². The van der Waals surface area contributed by atoms with Crippen molar-refractivity contribution in [3.05, 3.63) is 39.5 Å². The predicted octanol–water partition coefficient (Wildman–Crippen LogP) is 5.27. The Hall–Kier alpha value is -0.310. The van der Waals surface area contributed by atoms with Crippen molar-refractivity contribution in [2.45, 2.75) is 39.0 Å². The lowest BCUT2D eigenvalue weighted by Crippen LogP contribution is -1.78. The summed E-state index contributed by atoms with van der Waals surface area (Å²) in [5, 5.41) is 0. The van der Waals surface area contributed by atoms with Gasteiger partial charge in [-0.05, 0) is 47.1 Å². The van der Waals surface area contributed by atoms with Crippen molar-refractivity contribution in [3.8, 4) is 0 Å². The summed E-state index contributed by atoms with van der Waals surface area (Å²) in [6.45, 7) is 2.25. The van der Waals surface area contributed by atoms with Crippen molar-refractivity contribution in [3.63, 3.8) is 0 Å². The second-order valence-corrected chi connectivity index (χ2v) is 4.94. The van der Waals surface area contributed by atoms with Crippen LogP contribution in [0.1, 0.15) is 44.6 Å². The Balaban J connectivity index is 2.29. The van der Waals surface area contributed by atoms with E-state index in [9.17, 15) is 0 Å². The van der Waals surface area contributed by atoms with Gasteiger partial charge >= 0.3 is 0 Å². The standard InChI is InChI=1S/C14H19I/c1-2-3-4-5-6-7-10-13-11-8-9-12-14(13)15/h7-12H,2-6H2,1H3. The largest absolute Gasteiger partial charge is 0.0839 e. The molecule has 1 heteroatoms. The van der Waals surface area contributed by atoms with Gasteiger partial charge in [-0.3, -0.25) is 0 Å². The van der Waals surface area contributed by atoms with Gasteiger partial charge in [0, 0.05) is 3.57 Å². The Morgan fingerprint density at radius 3 is 2.67 bits per heavy atom. The first-order chi connectivity index (χ1) is 7.34. The molecule has 15 heavy (non-hydrogen) atoms. The fourth-order valence-electron chi connectivity index (χ4n) is 1.51. The van der Waals surface area contributed by atoms with Crippen molar-refractivity contribution < 1.29 is 0 Å². The third-order valence-electron chi connectivity index (χ3n) is 2.43. The summed E-state index contributed by atoms with van der Waals surface area (Å²) in [6, 6.07) is 8.50. The van der Waals surface area contributed by atoms with Gasteiger partial charge in [-0.2, -0.15) is 0 Å². The summed E-state index contributed by atoms with van der Waals surface area (Å²) < 4.78 is 1.33. The zero-order valence-electron chi connectivity index (χ0n) is 9.38. The molecule has 0 heterocycles. The maximum Gasteiger partial charge on any atom is 0.0202 e. The molecule has 0 aliphatic heterocycles. The highest BCUT2D eigenvalue weighted by molar-refractivity contribution is 14.1. The van der Waals surface area contributed by atoms with Crippen LogP contribution >= 0.6 is 22.6 Å². The minimum absolute atomic E-state index is 1.21. The number of halogens is 1. The summed E-state index contributed by atoms with van der Waals surface area (Å²) in [6.07, 6.45) is 11.1. The maximum absolute atomic E-state index is 2.38. The second kappa shape index (κ2) is 7.91. The molecule has 0 nitrogen and oxygen atoms in total. The fraction of sp³-hybridized carbons (Fsp3) is 0.429. The Kier molecular flexibility index (Phi) is 6.73. The highest BCUT2D eigenvalue weighted by Gasteiger charge is 1.91. The van der Waals surface area contributed by atoms with E-state index in [4.69, 9.17) is 0 Å². The number of allylic oxidation sites excluding steroid dienone is 1. The van der Waals surface area contributed by atoms with Gasteiger partial charge in [-0.1, -0.05) is 56.5 Å². The summed E-state index contributed by atoms with van der Waals surface area (Å²) in [4.78, 5) is 0. The van der Waals surface area contributed by atoms with Gasteiger partial charge in [0.05, 0.1) is 0 Å². The Morgan fingerprint density at radius 1 is 1.13 bits per heavy atom. The molecule has 82 valence electrons. The third-order valence-corrected chi connectivity index (χ3v) is 3.41. The van der Waals surface area contributed by atoms with E-state index in [1.807, 2.05) is 0 Å². The molecular formula is C14H19I. The molecule has 0 bridgehead atoms. The van der Waals surface area contributed by atoms with Crippen LogP contribution in [0, 0.1) is 3.57 Å². The van der Waals surface area contributed by atoms with Crippen molar-refractivity contribution in [2.24, 2.45) is 0 Å². The van der Waals surface area contributed by atoms with Gasteiger partial charge < -0.3 is 0 Å². The first-order valence-electron chi connectivity index (χ1n) is 5.75. The smallest absolute Gasteiger partial charge is 0.0202 e. The zero-order valence-corrected chi connectivity index (χ0v) is 11.5. The van der Waals surface area contributed by atoms with Crippen LogP contribution in [0.2, 0.25) is 0 Å². The minimum atomic E-state index is 1.21. The normalized spacial score (nSPS) is 11.1. The molecule has 0 fully saturated rings. The molecule has 0 unspecified atom stereocenters. The van der Waals surface area contributed by atoms with E-state index in [1.54, 1.807) is 0 Å². The number of unbranched alkanes of at least 4 members (excludes halogenated alkanes) is 4. The third kappa shape index (κ3) is 5.36. The first-order valence-corrected chi connectivity index (χ1v) is 6.83. The molecule has 1 rings (SSSR count). The molecule has 0 aromatic heterocycles. The lowest BCUT2D eigenvalue weighted by atomic mass is 10.1. The zero-order chi connectivity index (χ0) is 10.9. The van der Waals surface area contributed by atoms with Crippen LogP contribution in [-0.4, -0.2) is 0 Å². The van der Waals surface area contributed by atoms with Crippen LogP contribution in [0.3, 0.4) is 0 Å². The molecule has 0 atom stereocenters. The first kappa shape index (κ1) is 12.8. The van der Waals surface area contributed by atoms with E-state index < -0.39 is 0 Å². The molecule has 0 saturated heterocycles. The van der Waals surface area contributed by atoms with Crippen LogP contribution in [0.25, 0.3) is 6.08 Å². The summed E-state index contributed by atoms with van der Waals surface area (Å²) >= 11 is 2.38. The molecule has 0 radical (unpaired) electrons. The summed E-state index contributed by atoms with van der Waals surface area (Å²) in [5.74, 6) is 0. The van der Waals surface area contributed by atoms with Crippen molar-refractivity contribution in [2.75, 3.05) is 0 Å². The van der Waals surface area contributed by atoms with Gasteiger partial charge in [0.15, 0.2) is 0 Å². The monoisotopic (exact) mass is 314 g/mol. The van der Waals surface area contributed by atoms with Gasteiger partial charge in [-0.15, -0.1) is 0 Å². The lowest BCUT2D eigenvalue weighted by molar-refractivity contribution is 0.675. The lowest BCUT2D eigenvalue weighted by Gasteiger charge is -1.97. The van der Waals surface area contributed by atoms with E-state index in [2.05, 4.69) is 65.9 Å². The van der Waals surface area contributed by atoms with Crippen LogP contribution in [0.5, 0.6) is 0 Å². The Morgan fingerprint density at radius 2 is 1.93 bits per heavy atom. The van der Waals surface area contributed by atoms with E-state index in [0.717, 1.165) is 0 Å². The minimum Gasteiger partial charge on any atom is -0.0839 e. The average molecular weight is 314 g/mol. The van der Waals surface area contributed by atoms with Crippen LogP contribution < -0.4 is 0 Å². The molecule has 0 aliphatic rings. The molecule has 0 amide bonds. The van der Waals surface area contributed by atoms with Gasteiger partial charge in [-0.25, -0.2) is 0 Å². The van der Waals surface area contributed by atoms with Crippen molar-refractivity contribution in [1.82, 2.24) is 0 Å². The average Bonchev–Trinajstić information content (AvgIpc) is 2.25. The molecule has 1 aromatic carbocycles. The highest BCUT2D eigenvalue weighted by atomic mass is 127. The van der Waals surface area contributed by atoms with E-state index in [-0.39, 0.29) is 0 Å². The molecule has 0 saturated carbocycles. The van der Waals surface area contributed by atoms with Crippen LogP contribution in [0.4, 0.5) is 0 Å². The second-order valence-electron chi connectivity index (χ2n) is 3.77. The highest BCUT2D eigenvalue weighted by Crippen LogP contribution is 2.13. The van der Waals surface area contributed by atoms with Crippen molar-refractivity contribution in [1.29, 1.82) is 0 Å². The van der Waals surface area contributed by atoms with Crippen molar-refractivity contribution >= 4 is 28.7 Å². The molecular weight excluding hydrogens is 295 g/mol. The van der Waals surface area contributed by atoms with Gasteiger partial charge in [0.1, 0.15) is 0 Å². The van der Waals surface area contributed by atoms with E-state index in [0.29, 0.717) is 0 Å². The Labute approximate surface area is 107 Å². The van der Waals surface area contributed by atoms with Crippen LogP contribution in [0.15, 0.2) is 30.3 Å². The summed E-state index contributed by atoms with van der Waals surface area (Å²) in [5.41, 5.74) is 1.34. The SMILES string of the molecule is CCCCCCC=Cc1ccccc1I. The fourth-order valence-corrected chi connectivity index (χ4v) is 2.08. The summed E-state index contributed by atoms with van der Waals surface area (Å²) in [7, 11) is 0. The van der Waals surface area contributed by atoms with Gasteiger partial charge in [0.25, 0.3) is 0 Å². The van der Waals surface area contributed by atoms with E-state index >= 15 is 0 Å². The Bertz CT molecular complexity index is 302. The number of hydrogen-bond acceptors (Lipinski definition) is 0. The maximum atomic E-state index is 2.38. The predicted molar refractivity (Wildman–Crippen MR) is 77.0 cm³/mol. The number of hydrogen-bond donors (Lipinski definition) is 0. The molecule has 0 aliphatic carbocycles. The van der Waals surface area contributed by atoms with E-state index in [1.165, 1.54) is 41.2 Å². The molecule has 1 aromatic rings. The molecule has 0 spiro atoms. The quantitative estimate of drug-likeness (QED) is 0.495.